The van der Waals surface area contributed by atoms with E-state index in [0.29, 0.717) is 25.9 Å². The molecule has 0 aliphatic carbocycles. The van der Waals surface area contributed by atoms with Crippen molar-refractivity contribution in [2.24, 2.45) is 5.73 Å². The van der Waals surface area contributed by atoms with Gasteiger partial charge in [0.05, 0.1) is 10.1 Å². The average molecular weight is 218 g/mol. The number of unbranched alkanes of at least 4 members (excludes halogenated alkanes) is 1. The first-order chi connectivity index (χ1) is 5.56. The number of hydrogen-bond donors (Lipinski definition) is 2. The molecule has 0 rings (SSSR count). The molecule has 13 heavy (non-hydrogen) atoms. The second-order valence-electron chi connectivity index (χ2n) is 2.51. The first kappa shape index (κ1) is 16.3. The molecule has 7 heteroatoms. The smallest absolute Gasteiger partial charge is 0.748 e. The van der Waals surface area contributed by atoms with Crippen LogP contribution in [0.3, 0.4) is 0 Å². The van der Waals surface area contributed by atoms with Crippen molar-refractivity contribution in [3.63, 3.8) is 0 Å². The molecule has 0 bridgehead atoms. The van der Waals surface area contributed by atoms with E-state index < -0.39 is 10.1 Å². The fourth-order valence-corrected chi connectivity index (χ4v) is 1.31. The van der Waals surface area contributed by atoms with Crippen molar-refractivity contribution in [2.75, 3.05) is 25.4 Å². The number of nitrogens with two attached hydrogens (primary N) is 1. The monoisotopic (exact) mass is 218 g/mol. The maximum absolute atomic E-state index is 10.1. The van der Waals surface area contributed by atoms with Crippen molar-refractivity contribution in [2.45, 2.75) is 12.8 Å². The Bertz CT molecular complexity index is 196. The largest absolute Gasteiger partial charge is 1.00 e. The Hall–Kier alpha value is 0.830. The summed E-state index contributed by atoms with van der Waals surface area (Å²) in [7, 11) is -4.02. The predicted octanol–water partition coefficient (Wildman–Crippen LogP) is -4.14. The molecule has 0 aliphatic rings. The van der Waals surface area contributed by atoms with Crippen molar-refractivity contribution >= 4 is 10.1 Å². The molecule has 0 radical (unpaired) electrons. The standard InChI is InChI=1S/C6H16N2O3S.Na/c7-3-5-8-4-1-2-6-12(9,10)11;/h8H,1-7H2,(H,9,10,11);/q;+1/p-1. The van der Waals surface area contributed by atoms with Gasteiger partial charge in [0.2, 0.25) is 0 Å². The SMILES string of the molecule is NCCNCCCCS(=O)(=O)[O-].[Na+]. The second kappa shape index (κ2) is 9.39. The maximum atomic E-state index is 10.1. The molecule has 0 aromatic carbocycles. The summed E-state index contributed by atoms with van der Waals surface area (Å²) >= 11 is 0. The summed E-state index contributed by atoms with van der Waals surface area (Å²) in [6.07, 6.45) is 1.12. The Morgan fingerprint density at radius 2 is 1.85 bits per heavy atom. The van der Waals surface area contributed by atoms with Gasteiger partial charge in [-0.1, -0.05) is 0 Å². The summed E-state index contributed by atoms with van der Waals surface area (Å²) in [5.74, 6) is -0.267. The summed E-state index contributed by atoms with van der Waals surface area (Å²) in [6.45, 7) is 2.01. The van der Waals surface area contributed by atoms with Gasteiger partial charge in [-0.15, -0.1) is 0 Å². The van der Waals surface area contributed by atoms with Crippen molar-refractivity contribution in [3.05, 3.63) is 0 Å². The molecule has 0 heterocycles. The van der Waals surface area contributed by atoms with E-state index in [-0.39, 0.29) is 35.3 Å². The summed E-state index contributed by atoms with van der Waals surface area (Å²) in [4.78, 5) is 0. The Kier molecular flexibility index (Phi) is 11.7. The molecule has 5 nitrogen and oxygen atoms in total. The van der Waals surface area contributed by atoms with Crippen LogP contribution in [0.1, 0.15) is 12.8 Å². The normalized spacial score (nSPS) is 10.9. The Morgan fingerprint density at radius 1 is 1.23 bits per heavy atom. The molecule has 0 aromatic rings. The number of nitrogens with one attached hydrogen (secondary N) is 1. The van der Waals surface area contributed by atoms with Crippen LogP contribution in [0.25, 0.3) is 0 Å². The maximum Gasteiger partial charge on any atom is 1.00 e. The Labute approximate surface area is 101 Å². The third-order valence-corrected chi connectivity index (χ3v) is 2.11. The molecule has 74 valence electrons. The third-order valence-electron chi connectivity index (χ3n) is 1.32. The fraction of sp³-hybridized carbons (Fsp3) is 1.00. The molecular weight excluding hydrogens is 203 g/mol. The molecular formula is C6H15N2NaO3S. The molecule has 0 saturated heterocycles. The Morgan fingerprint density at radius 3 is 2.31 bits per heavy atom. The minimum atomic E-state index is -4.02. The van der Waals surface area contributed by atoms with Crippen molar-refractivity contribution < 1.29 is 42.5 Å². The van der Waals surface area contributed by atoms with Gasteiger partial charge < -0.3 is 15.6 Å². The molecule has 3 N–H and O–H groups in total. The zero-order valence-corrected chi connectivity index (χ0v) is 10.8. The van der Waals surface area contributed by atoms with E-state index in [9.17, 15) is 13.0 Å². The van der Waals surface area contributed by atoms with Crippen LogP contribution < -0.4 is 40.6 Å². The fourth-order valence-electron chi connectivity index (χ4n) is 0.756. The Balaban J connectivity index is 0. The second-order valence-corrected chi connectivity index (χ2v) is 4.03. The van der Waals surface area contributed by atoms with Crippen LogP contribution in [0.2, 0.25) is 0 Å². The predicted molar refractivity (Wildman–Crippen MR) is 45.7 cm³/mol. The van der Waals surface area contributed by atoms with Crippen LogP contribution in [0, 0.1) is 0 Å². The third kappa shape index (κ3) is 15.6. The number of rotatable bonds is 7. The van der Waals surface area contributed by atoms with E-state index in [1.807, 2.05) is 0 Å². The van der Waals surface area contributed by atoms with Gasteiger partial charge >= 0.3 is 29.6 Å². The molecule has 0 saturated carbocycles. The molecule has 0 fully saturated rings. The van der Waals surface area contributed by atoms with E-state index in [1.165, 1.54) is 0 Å². The van der Waals surface area contributed by atoms with E-state index in [2.05, 4.69) is 5.32 Å². The van der Waals surface area contributed by atoms with Crippen molar-refractivity contribution in [1.29, 1.82) is 0 Å². The van der Waals surface area contributed by atoms with Gasteiger partial charge in [0.1, 0.15) is 0 Å². The molecule has 0 spiro atoms. The van der Waals surface area contributed by atoms with Gasteiger partial charge in [-0.2, -0.15) is 0 Å². The molecule has 0 amide bonds. The molecule has 0 aromatic heterocycles. The summed E-state index contributed by atoms with van der Waals surface area (Å²) in [5, 5.41) is 3.00. The summed E-state index contributed by atoms with van der Waals surface area (Å²) in [6, 6.07) is 0. The summed E-state index contributed by atoms with van der Waals surface area (Å²) < 4.78 is 30.4. The summed E-state index contributed by atoms with van der Waals surface area (Å²) in [5.41, 5.74) is 5.20. The van der Waals surface area contributed by atoms with Crippen molar-refractivity contribution in [1.82, 2.24) is 5.32 Å². The zero-order valence-electron chi connectivity index (χ0n) is 7.95. The van der Waals surface area contributed by atoms with Crippen LogP contribution in [-0.2, 0) is 10.1 Å². The van der Waals surface area contributed by atoms with Gasteiger partial charge in [-0.3, -0.25) is 0 Å². The van der Waals surface area contributed by atoms with Crippen molar-refractivity contribution in [3.8, 4) is 0 Å². The van der Waals surface area contributed by atoms with Crippen LogP contribution in [0.15, 0.2) is 0 Å². The molecule has 0 atom stereocenters. The van der Waals surface area contributed by atoms with Crippen LogP contribution in [-0.4, -0.2) is 38.4 Å². The van der Waals surface area contributed by atoms with E-state index in [0.717, 1.165) is 6.54 Å². The van der Waals surface area contributed by atoms with Gasteiger partial charge in [-0.05, 0) is 19.4 Å². The minimum absolute atomic E-state index is 0. The topological polar surface area (TPSA) is 95.2 Å². The first-order valence-corrected chi connectivity index (χ1v) is 5.48. The molecule has 0 unspecified atom stereocenters. The van der Waals surface area contributed by atoms with Crippen LogP contribution in [0.4, 0.5) is 0 Å². The average Bonchev–Trinajstić information content (AvgIpc) is 1.94. The van der Waals surface area contributed by atoms with Gasteiger partial charge in [0.25, 0.3) is 0 Å². The van der Waals surface area contributed by atoms with Gasteiger partial charge in [-0.25, -0.2) is 8.42 Å². The minimum Gasteiger partial charge on any atom is -0.748 e. The van der Waals surface area contributed by atoms with Gasteiger partial charge in [0.15, 0.2) is 0 Å². The van der Waals surface area contributed by atoms with E-state index in [1.54, 1.807) is 0 Å². The van der Waals surface area contributed by atoms with E-state index in [4.69, 9.17) is 5.73 Å². The first-order valence-electron chi connectivity index (χ1n) is 3.90. The number of hydrogen-bond acceptors (Lipinski definition) is 5. The quantitative estimate of drug-likeness (QED) is 0.257. The zero-order chi connectivity index (χ0) is 9.45. The van der Waals surface area contributed by atoms with E-state index >= 15 is 0 Å². The molecule has 0 aliphatic heterocycles. The van der Waals surface area contributed by atoms with Crippen LogP contribution in [0.5, 0.6) is 0 Å². The van der Waals surface area contributed by atoms with Crippen LogP contribution >= 0.6 is 0 Å². The van der Waals surface area contributed by atoms with Gasteiger partial charge in [0, 0.05) is 18.8 Å².